The lowest BCUT2D eigenvalue weighted by Crippen LogP contribution is -2.45. The molecular weight excluding hydrogens is 244 g/mol. The third kappa shape index (κ3) is 3.47. The van der Waals surface area contributed by atoms with Crippen LogP contribution in [0.5, 0.6) is 0 Å². The maximum Gasteiger partial charge on any atom is 0.0409 e. The predicted octanol–water partition coefficient (Wildman–Crippen LogP) is 3.29. The third-order valence-corrected chi connectivity index (χ3v) is 4.31. The molecule has 1 aromatic rings. The van der Waals surface area contributed by atoms with Gasteiger partial charge in [-0.25, -0.2) is 0 Å². The molecule has 1 fully saturated rings. The van der Waals surface area contributed by atoms with Crippen molar-refractivity contribution in [2.24, 2.45) is 11.7 Å². The van der Waals surface area contributed by atoms with Crippen LogP contribution in [0.4, 0.5) is 0 Å². The Hall–Kier alpha value is -0.570. The predicted molar refractivity (Wildman–Crippen MR) is 77.7 cm³/mol. The molecule has 0 amide bonds. The quantitative estimate of drug-likeness (QED) is 0.906. The highest BCUT2D eigenvalue weighted by atomic mass is 35.5. The van der Waals surface area contributed by atoms with E-state index in [9.17, 15) is 0 Å². The highest BCUT2D eigenvalue weighted by Gasteiger charge is 2.26. The minimum atomic E-state index is 0.530. The molecule has 2 atom stereocenters. The molecule has 0 saturated carbocycles. The second kappa shape index (κ2) is 6.55. The number of hydrogen-bond donors (Lipinski definition) is 1. The minimum absolute atomic E-state index is 0.530. The van der Waals surface area contributed by atoms with Crippen molar-refractivity contribution >= 4 is 11.6 Å². The average Bonchev–Trinajstić information content (AvgIpc) is 2.39. The first kappa shape index (κ1) is 13.9. The summed E-state index contributed by atoms with van der Waals surface area (Å²) in [5.74, 6) is 0.856. The van der Waals surface area contributed by atoms with E-state index < -0.39 is 0 Å². The number of rotatable bonds is 4. The number of piperidine rings is 1. The molecule has 0 radical (unpaired) electrons. The summed E-state index contributed by atoms with van der Waals surface area (Å²) in [5, 5.41) is 0.820. The van der Waals surface area contributed by atoms with E-state index >= 15 is 0 Å². The fraction of sp³-hybridized carbons (Fsp3) is 0.600. The van der Waals surface area contributed by atoms with Crippen LogP contribution >= 0.6 is 11.6 Å². The summed E-state index contributed by atoms with van der Waals surface area (Å²) in [7, 11) is 0. The molecule has 1 heterocycles. The molecule has 100 valence electrons. The molecule has 2 unspecified atom stereocenters. The molecule has 0 bridgehead atoms. The summed E-state index contributed by atoms with van der Waals surface area (Å²) in [4.78, 5) is 2.51. The van der Waals surface area contributed by atoms with Gasteiger partial charge in [0.25, 0.3) is 0 Å². The van der Waals surface area contributed by atoms with E-state index in [4.69, 9.17) is 17.3 Å². The molecule has 2 rings (SSSR count). The van der Waals surface area contributed by atoms with Gasteiger partial charge in [-0.05, 0) is 43.0 Å². The number of halogens is 1. The molecule has 2 nitrogen and oxygen atoms in total. The number of nitrogens with zero attached hydrogens (tertiary/aromatic N) is 1. The maximum absolute atomic E-state index is 6.04. The lowest BCUT2D eigenvalue weighted by Gasteiger charge is -2.38. The van der Waals surface area contributed by atoms with Crippen LogP contribution in [0.25, 0.3) is 0 Å². The lowest BCUT2D eigenvalue weighted by molar-refractivity contribution is 0.107. The van der Waals surface area contributed by atoms with Gasteiger partial charge in [-0.1, -0.05) is 37.1 Å². The Kier molecular flexibility index (Phi) is 5.04. The third-order valence-electron chi connectivity index (χ3n) is 4.07. The summed E-state index contributed by atoms with van der Waals surface area (Å²) >= 11 is 6.04. The molecule has 3 heteroatoms. The van der Waals surface area contributed by atoms with E-state index in [0.717, 1.165) is 30.6 Å². The minimum Gasteiger partial charge on any atom is -0.329 e. The highest BCUT2D eigenvalue weighted by Crippen LogP contribution is 2.26. The van der Waals surface area contributed by atoms with E-state index in [1.54, 1.807) is 0 Å². The van der Waals surface area contributed by atoms with Crippen molar-refractivity contribution in [3.63, 3.8) is 0 Å². The van der Waals surface area contributed by atoms with Crippen LogP contribution < -0.4 is 5.73 Å². The van der Waals surface area contributed by atoms with Gasteiger partial charge in [0.2, 0.25) is 0 Å². The smallest absolute Gasteiger partial charge is 0.0409 e. The van der Waals surface area contributed by atoms with E-state index in [2.05, 4.69) is 24.0 Å². The summed E-state index contributed by atoms with van der Waals surface area (Å²) in [6.07, 6.45) is 3.82. The first-order chi connectivity index (χ1) is 8.72. The standard InChI is InChI=1S/C15H23ClN2/c1-2-12-6-7-18(15(9-12)10-17)11-13-4-3-5-14(16)8-13/h3-5,8,12,15H,2,6-7,9-11,17H2,1H3. The molecule has 1 aromatic carbocycles. The van der Waals surface area contributed by atoms with E-state index in [1.165, 1.54) is 24.8 Å². The Morgan fingerprint density at radius 2 is 2.28 bits per heavy atom. The van der Waals surface area contributed by atoms with Crippen molar-refractivity contribution in [3.05, 3.63) is 34.9 Å². The van der Waals surface area contributed by atoms with Crippen LogP contribution in [0.3, 0.4) is 0 Å². The van der Waals surface area contributed by atoms with Crippen LogP contribution in [-0.4, -0.2) is 24.0 Å². The number of hydrogen-bond acceptors (Lipinski definition) is 2. The lowest BCUT2D eigenvalue weighted by atomic mass is 9.88. The molecular formula is C15H23ClN2. The van der Waals surface area contributed by atoms with Crippen molar-refractivity contribution in [1.82, 2.24) is 4.90 Å². The molecule has 1 aliphatic rings. The van der Waals surface area contributed by atoms with E-state index in [0.29, 0.717) is 6.04 Å². The fourth-order valence-corrected chi connectivity index (χ4v) is 3.09. The molecule has 0 spiro atoms. The molecule has 1 saturated heterocycles. The Labute approximate surface area is 115 Å². The topological polar surface area (TPSA) is 29.3 Å². The van der Waals surface area contributed by atoms with Crippen LogP contribution in [-0.2, 0) is 6.54 Å². The largest absolute Gasteiger partial charge is 0.329 e. The average molecular weight is 267 g/mol. The van der Waals surface area contributed by atoms with Gasteiger partial charge in [0.15, 0.2) is 0 Å². The Morgan fingerprint density at radius 3 is 2.94 bits per heavy atom. The Morgan fingerprint density at radius 1 is 1.44 bits per heavy atom. The number of likely N-dealkylation sites (tertiary alicyclic amines) is 1. The monoisotopic (exact) mass is 266 g/mol. The van der Waals surface area contributed by atoms with Crippen molar-refractivity contribution in [2.45, 2.75) is 38.8 Å². The van der Waals surface area contributed by atoms with Crippen LogP contribution in [0.15, 0.2) is 24.3 Å². The number of nitrogens with two attached hydrogens (primary N) is 1. The van der Waals surface area contributed by atoms with Crippen LogP contribution in [0.1, 0.15) is 31.7 Å². The normalized spacial score (nSPS) is 25.3. The SMILES string of the molecule is CCC1CCN(Cc2cccc(Cl)c2)C(CN)C1. The van der Waals surface area contributed by atoms with Crippen molar-refractivity contribution < 1.29 is 0 Å². The molecule has 0 aliphatic carbocycles. The van der Waals surface area contributed by atoms with Gasteiger partial charge in [0.1, 0.15) is 0 Å². The summed E-state index contributed by atoms with van der Waals surface area (Å²) in [6, 6.07) is 8.68. The van der Waals surface area contributed by atoms with Crippen molar-refractivity contribution in [1.29, 1.82) is 0 Å². The van der Waals surface area contributed by atoms with E-state index in [-0.39, 0.29) is 0 Å². The summed E-state index contributed by atoms with van der Waals surface area (Å²) < 4.78 is 0. The first-order valence-electron chi connectivity index (χ1n) is 6.91. The molecule has 2 N–H and O–H groups in total. The van der Waals surface area contributed by atoms with Gasteiger partial charge in [-0.2, -0.15) is 0 Å². The molecule has 1 aliphatic heterocycles. The second-order valence-corrected chi connectivity index (χ2v) is 5.73. The Bertz CT molecular complexity index is 381. The number of benzene rings is 1. The summed E-state index contributed by atoms with van der Waals surface area (Å²) in [6.45, 7) is 5.17. The second-order valence-electron chi connectivity index (χ2n) is 5.29. The van der Waals surface area contributed by atoms with Gasteiger partial charge in [-0.15, -0.1) is 0 Å². The molecule has 0 aromatic heterocycles. The fourth-order valence-electron chi connectivity index (χ4n) is 2.88. The van der Waals surface area contributed by atoms with E-state index in [1.807, 2.05) is 12.1 Å². The molecule has 18 heavy (non-hydrogen) atoms. The van der Waals surface area contributed by atoms with Gasteiger partial charge < -0.3 is 5.73 Å². The van der Waals surface area contributed by atoms with Crippen molar-refractivity contribution in [2.75, 3.05) is 13.1 Å². The van der Waals surface area contributed by atoms with Gasteiger partial charge in [0.05, 0.1) is 0 Å². The van der Waals surface area contributed by atoms with Crippen LogP contribution in [0.2, 0.25) is 5.02 Å². The zero-order valence-corrected chi connectivity index (χ0v) is 11.9. The maximum atomic E-state index is 6.04. The Balaban J connectivity index is 2.00. The first-order valence-corrected chi connectivity index (χ1v) is 7.29. The van der Waals surface area contributed by atoms with Gasteiger partial charge in [-0.3, -0.25) is 4.90 Å². The zero-order valence-electron chi connectivity index (χ0n) is 11.1. The summed E-state index contributed by atoms with van der Waals surface area (Å²) in [5.41, 5.74) is 7.21. The van der Waals surface area contributed by atoms with Crippen LogP contribution in [0, 0.1) is 5.92 Å². The van der Waals surface area contributed by atoms with Gasteiger partial charge >= 0.3 is 0 Å². The highest BCUT2D eigenvalue weighted by molar-refractivity contribution is 6.30. The zero-order chi connectivity index (χ0) is 13.0. The van der Waals surface area contributed by atoms with Crippen molar-refractivity contribution in [3.8, 4) is 0 Å². The van der Waals surface area contributed by atoms with Gasteiger partial charge in [0, 0.05) is 24.2 Å².